The molecule has 1 aromatic heterocycles. The van der Waals surface area contributed by atoms with Gasteiger partial charge in [0.1, 0.15) is 0 Å². The van der Waals surface area contributed by atoms with Crippen molar-refractivity contribution in [1.82, 2.24) is 14.8 Å². The first-order chi connectivity index (χ1) is 6.11. The van der Waals surface area contributed by atoms with Crippen molar-refractivity contribution in [2.24, 2.45) is 11.7 Å². The molecule has 1 amide bonds. The van der Waals surface area contributed by atoms with Gasteiger partial charge in [0.05, 0.1) is 6.04 Å². The van der Waals surface area contributed by atoms with Crippen LogP contribution in [0.15, 0.2) is 0 Å². The summed E-state index contributed by atoms with van der Waals surface area (Å²) in [6.07, 6.45) is 0. The number of carbonyl (C=O) groups is 1. The van der Waals surface area contributed by atoms with Crippen molar-refractivity contribution in [3.63, 3.8) is 0 Å². The fourth-order valence-corrected chi connectivity index (χ4v) is 1.04. The van der Waals surface area contributed by atoms with Crippen LogP contribution < -0.4 is 11.1 Å². The monoisotopic (exact) mass is 201 g/mol. The molecule has 0 spiro atoms. The molecule has 3 N–H and O–H groups in total. The van der Waals surface area contributed by atoms with Crippen LogP contribution in [0.3, 0.4) is 0 Å². The van der Waals surface area contributed by atoms with Gasteiger partial charge < -0.3 is 5.73 Å². The lowest BCUT2D eigenvalue weighted by Gasteiger charge is -2.13. The average Bonchev–Trinajstić information content (AvgIpc) is 2.55. The Balaban J connectivity index is 2.51. The van der Waals surface area contributed by atoms with Crippen molar-refractivity contribution in [2.75, 3.05) is 5.32 Å². The molecule has 13 heavy (non-hydrogen) atoms. The topological polar surface area (TPSA) is 93.8 Å². The molecular weight excluding hydrogens is 190 g/mol. The molecule has 0 aliphatic heterocycles. The van der Waals surface area contributed by atoms with Crippen LogP contribution in [-0.2, 0) is 4.79 Å². The lowest BCUT2D eigenvalue weighted by molar-refractivity contribution is -0.118. The maximum atomic E-state index is 11.3. The number of amides is 1. The van der Waals surface area contributed by atoms with E-state index in [0.29, 0.717) is 5.13 Å². The van der Waals surface area contributed by atoms with Gasteiger partial charge in [0.25, 0.3) is 0 Å². The van der Waals surface area contributed by atoms with Crippen molar-refractivity contribution in [1.29, 1.82) is 0 Å². The molecule has 72 valence electrons. The van der Waals surface area contributed by atoms with Gasteiger partial charge in [-0.25, -0.2) is 0 Å². The van der Waals surface area contributed by atoms with Crippen molar-refractivity contribution >= 4 is 22.6 Å². The highest BCUT2D eigenvalue weighted by Gasteiger charge is 2.18. The summed E-state index contributed by atoms with van der Waals surface area (Å²) in [5, 5.41) is 9.81. The summed E-state index contributed by atoms with van der Waals surface area (Å²) >= 11 is 1.02. The van der Waals surface area contributed by atoms with Crippen LogP contribution in [0.2, 0.25) is 0 Å². The van der Waals surface area contributed by atoms with E-state index in [1.54, 1.807) is 0 Å². The molecule has 0 radical (unpaired) electrons. The maximum Gasteiger partial charge on any atom is 0.243 e. The Morgan fingerprint density at radius 3 is 2.77 bits per heavy atom. The SMILES string of the molecule is CC(C)[C@@H](N)C(=O)Nc1nnns1. The van der Waals surface area contributed by atoms with E-state index in [4.69, 9.17) is 5.73 Å². The molecule has 0 aliphatic rings. The third-order valence-corrected chi connectivity index (χ3v) is 2.06. The van der Waals surface area contributed by atoms with Crippen molar-refractivity contribution in [3.8, 4) is 0 Å². The van der Waals surface area contributed by atoms with Gasteiger partial charge in [0.2, 0.25) is 11.0 Å². The number of carbonyl (C=O) groups excluding carboxylic acids is 1. The summed E-state index contributed by atoms with van der Waals surface area (Å²) in [6.45, 7) is 3.76. The molecule has 6 nitrogen and oxygen atoms in total. The van der Waals surface area contributed by atoms with E-state index in [1.165, 1.54) is 0 Å². The third-order valence-electron chi connectivity index (χ3n) is 1.55. The maximum absolute atomic E-state index is 11.3. The van der Waals surface area contributed by atoms with Crippen LogP contribution in [0.5, 0.6) is 0 Å². The quantitative estimate of drug-likeness (QED) is 0.709. The first-order valence-electron chi connectivity index (χ1n) is 3.82. The summed E-state index contributed by atoms with van der Waals surface area (Å²) in [4.78, 5) is 11.3. The number of hydrogen-bond acceptors (Lipinski definition) is 6. The van der Waals surface area contributed by atoms with Gasteiger partial charge in [-0.2, -0.15) is 0 Å². The molecule has 0 unspecified atom stereocenters. The molecule has 0 saturated heterocycles. The van der Waals surface area contributed by atoms with Crippen molar-refractivity contribution < 1.29 is 4.79 Å². The highest BCUT2D eigenvalue weighted by molar-refractivity contribution is 7.09. The first-order valence-corrected chi connectivity index (χ1v) is 4.60. The Morgan fingerprint density at radius 2 is 2.31 bits per heavy atom. The van der Waals surface area contributed by atoms with Gasteiger partial charge >= 0.3 is 0 Å². The van der Waals surface area contributed by atoms with Crippen molar-refractivity contribution in [3.05, 3.63) is 0 Å². The Labute approximate surface area is 79.7 Å². The first kappa shape index (κ1) is 10.0. The molecule has 1 heterocycles. The van der Waals surface area contributed by atoms with Gasteiger partial charge in [-0.05, 0) is 11.1 Å². The summed E-state index contributed by atoms with van der Waals surface area (Å²) in [5.41, 5.74) is 5.60. The summed E-state index contributed by atoms with van der Waals surface area (Å²) < 4.78 is 3.50. The van der Waals surface area contributed by atoms with E-state index in [9.17, 15) is 4.79 Å². The second-order valence-electron chi connectivity index (χ2n) is 2.93. The minimum Gasteiger partial charge on any atom is -0.320 e. The van der Waals surface area contributed by atoms with Gasteiger partial charge in [0, 0.05) is 11.5 Å². The Kier molecular flexibility index (Phi) is 3.26. The van der Waals surface area contributed by atoms with Crippen LogP contribution in [0.1, 0.15) is 13.8 Å². The standard InChI is InChI=1S/C6H11N5OS/c1-3(2)4(7)5(12)8-6-9-10-11-13-6/h3-4H,7H2,1-2H3,(H,8,9,11,12)/t4-/m1/s1. The van der Waals surface area contributed by atoms with Gasteiger partial charge in [-0.1, -0.05) is 23.4 Å². The van der Waals surface area contributed by atoms with Gasteiger partial charge in [-0.3, -0.25) is 10.1 Å². The smallest absolute Gasteiger partial charge is 0.243 e. The van der Waals surface area contributed by atoms with E-state index in [0.717, 1.165) is 11.5 Å². The number of hydrogen-bond donors (Lipinski definition) is 2. The average molecular weight is 201 g/mol. The Morgan fingerprint density at radius 1 is 1.62 bits per heavy atom. The van der Waals surface area contributed by atoms with E-state index in [2.05, 4.69) is 20.1 Å². The molecule has 0 saturated carbocycles. The van der Waals surface area contributed by atoms with Crippen molar-refractivity contribution in [2.45, 2.75) is 19.9 Å². The van der Waals surface area contributed by atoms with E-state index < -0.39 is 6.04 Å². The number of aromatic nitrogens is 3. The zero-order valence-corrected chi connectivity index (χ0v) is 8.21. The molecular formula is C6H11N5OS. The van der Waals surface area contributed by atoms with Crippen LogP contribution >= 0.6 is 11.5 Å². The minimum atomic E-state index is -0.524. The lowest BCUT2D eigenvalue weighted by atomic mass is 10.1. The molecule has 0 aliphatic carbocycles. The summed E-state index contributed by atoms with van der Waals surface area (Å²) in [7, 11) is 0. The predicted octanol–water partition coefficient (Wildman–Crippen LogP) is -0.145. The molecule has 0 fully saturated rings. The predicted molar refractivity (Wildman–Crippen MR) is 49.1 cm³/mol. The molecule has 1 rings (SSSR count). The highest BCUT2D eigenvalue weighted by atomic mass is 32.1. The van der Waals surface area contributed by atoms with Crippen LogP contribution in [0.4, 0.5) is 5.13 Å². The number of rotatable bonds is 3. The number of nitrogens with two attached hydrogens (primary N) is 1. The zero-order valence-electron chi connectivity index (χ0n) is 7.39. The molecule has 1 atom stereocenters. The van der Waals surface area contributed by atoms with Gasteiger partial charge in [-0.15, -0.1) is 0 Å². The Hall–Kier alpha value is -1.08. The second-order valence-corrected chi connectivity index (χ2v) is 3.66. The number of nitrogens with zero attached hydrogens (tertiary/aromatic N) is 3. The molecule has 1 aromatic rings. The molecule has 7 heteroatoms. The summed E-state index contributed by atoms with van der Waals surface area (Å²) in [6, 6.07) is -0.524. The lowest BCUT2D eigenvalue weighted by Crippen LogP contribution is -2.39. The number of anilines is 1. The largest absolute Gasteiger partial charge is 0.320 e. The fourth-order valence-electron chi connectivity index (χ4n) is 0.673. The minimum absolute atomic E-state index is 0.0980. The zero-order chi connectivity index (χ0) is 9.84. The van der Waals surface area contributed by atoms with E-state index >= 15 is 0 Å². The normalized spacial score (nSPS) is 12.9. The molecule has 0 aromatic carbocycles. The van der Waals surface area contributed by atoms with Crippen LogP contribution in [-0.4, -0.2) is 26.7 Å². The van der Waals surface area contributed by atoms with E-state index in [-0.39, 0.29) is 11.8 Å². The highest BCUT2D eigenvalue weighted by Crippen LogP contribution is 2.07. The fraction of sp³-hybridized carbons (Fsp3) is 0.667. The third kappa shape index (κ3) is 2.71. The molecule has 0 bridgehead atoms. The van der Waals surface area contributed by atoms with Crippen LogP contribution in [0.25, 0.3) is 0 Å². The number of nitrogens with one attached hydrogen (secondary N) is 1. The van der Waals surface area contributed by atoms with Gasteiger partial charge in [0.15, 0.2) is 0 Å². The Bertz CT molecular complexity index is 273. The second kappa shape index (κ2) is 4.24. The van der Waals surface area contributed by atoms with E-state index in [1.807, 2.05) is 13.8 Å². The van der Waals surface area contributed by atoms with Crippen LogP contribution in [0, 0.1) is 5.92 Å². The summed E-state index contributed by atoms with van der Waals surface area (Å²) in [5.74, 6) is -0.158.